The molecule has 1 aromatic rings. The van der Waals surface area contributed by atoms with Crippen LogP contribution in [0.25, 0.3) is 0 Å². The van der Waals surface area contributed by atoms with Gasteiger partial charge in [-0.2, -0.15) is 0 Å². The van der Waals surface area contributed by atoms with Gasteiger partial charge < -0.3 is 11.1 Å². The number of rotatable bonds is 3. The molecule has 0 saturated heterocycles. The lowest BCUT2D eigenvalue weighted by atomic mass is 9.82. The highest BCUT2D eigenvalue weighted by Crippen LogP contribution is 2.25. The molecule has 0 radical (unpaired) electrons. The molecular formula is C16H25ClN2O. The van der Waals surface area contributed by atoms with E-state index in [2.05, 4.69) is 11.4 Å². The average molecular weight is 297 g/mol. The third kappa shape index (κ3) is 4.50. The van der Waals surface area contributed by atoms with Gasteiger partial charge in [-0.25, -0.2) is 0 Å². The number of hydrogen-bond donors (Lipinski definition) is 2. The molecule has 0 bridgehead atoms. The smallest absolute Gasteiger partial charge is 0.251 e. The maximum atomic E-state index is 12.2. The van der Waals surface area contributed by atoms with Gasteiger partial charge in [-0.05, 0) is 38.8 Å². The maximum Gasteiger partial charge on any atom is 0.251 e. The Balaban J connectivity index is 0.00000200. The Morgan fingerprint density at radius 1 is 1.15 bits per heavy atom. The molecule has 0 heterocycles. The molecule has 112 valence electrons. The number of nitrogens with two attached hydrogens (primary N) is 1. The fraction of sp³-hybridized carbons (Fsp3) is 0.562. The van der Waals surface area contributed by atoms with E-state index in [4.69, 9.17) is 5.73 Å². The summed E-state index contributed by atoms with van der Waals surface area (Å²) < 4.78 is 0. The van der Waals surface area contributed by atoms with Crippen molar-refractivity contribution >= 4 is 18.3 Å². The zero-order valence-corrected chi connectivity index (χ0v) is 13.2. The molecule has 0 atom stereocenters. The molecular weight excluding hydrogens is 272 g/mol. The van der Waals surface area contributed by atoms with Crippen LogP contribution >= 0.6 is 12.4 Å². The van der Waals surface area contributed by atoms with Crippen LogP contribution in [0.15, 0.2) is 18.2 Å². The van der Waals surface area contributed by atoms with E-state index in [9.17, 15) is 4.79 Å². The Kier molecular flexibility index (Phi) is 6.03. The summed E-state index contributed by atoms with van der Waals surface area (Å²) in [5.41, 5.74) is 9.09. The van der Waals surface area contributed by atoms with E-state index in [1.54, 1.807) is 0 Å². The van der Waals surface area contributed by atoms with Gasteiger partial charge in [0.15, 0.2) is 0 Å². The normalized spacial score (nSPS) is 17.1. The molecule has 1 aromatic carbocycles. The van der Waals surface area contributed by atoms with Gasteiger partial charge in [-0.15, -0.1) is 12.4 Å². The second kappa shape index (κ2) is 7.09. The van der Waals surface area contributed by atoms with Crippen molar-refractivity contribution in [3.05, 3.63) is 34.9 Å². The van der Waals surface area contributed by atoms with Crippen LogP contribution in [-0.4, -0.2) is 18.0 Å². The third-order valence-corrected chi connectivity index (χ3v) is 3.93. The van der Waals surface area contributed by atoms with Crippen LogP contribution in [0.2, 0.25) is 0 Å². The first-order valence-corrected chi connectivity index (χ1v) is 7.14. The summed E-state index contributed by atoms with van der Waals surface area (Å²) in [5.74, 6) is -0.0119. The van der Waals surface area contributed by atoms with E-state index in [1.165, 1.54) is 19.3 Å². The molecule has 3 N–H and O–H groups in total. The van der Waals surface area contributed by atoms with E-state index in [0.717, 1.165) is 29.5 Å². The largest absolute Gasteiger partial charge is 0.350 e. The third-order valence-electron chi connectivity index (χ3n) is 3.93. The highest BCUT2D eigenvalue weighted by atomic mass is 35.5. The lowest BCUT2D eigenvalue weighted by Gasteiger charge is -2.33. The number of benzene rings is 1. The second-order valence-electron chi connectivity index (χ2n) is 5.98. The van der Waals surface area contributed by atoms with Gasteiger partial charge in [0.05, 0.1) is 0 Å². The molecule has 0 aliphatic heterocycles. The van der Waals surface area contributed by atoms with Gasteiger partial charge in [0, 0.05) is 17.6 Å². The minimum Gasteiger partial charge on any atom is -0.350 e. The highest BCUT2D eigenvalue weighted by molar-refractivity contribution is 5.94. The first-order valence-electron chi connectivity index (χ1n) is 7.14. The van der Waals surface area contributed by atoms with Crippen LogP contribution in [0.3, 0.4) is 0 Å². The summed E-state index contributed by atoms with van der Waals surface area (Å²) in [7, 11) is 0. The zero-order valence-electron chi connectivity index (χ0n) is 12.4. The molecule has 1 amide bonds. The Bertz CT molecular complexity index is 447. The number of aryl methyl sites for hydroxylation is 2. The first kappa shape index (κ1) is 17.0. The molecule has 1 saturated carbocycles. The van der Waals surface area contributed by atoms with Crippen LogP contribution in [0.5, 0.6) is 0 Å². The van der Waals surface area contributed by atoms with E-state index >= 15 is 0 Å². The van der Waals surface area contributed by atoms with Crippen LogP contribution in [0.4, 0.5) is 0 Å². The van der Waals surface area contributed by atoms with E-state index in [-0.39, 0.29) is 23.9 Å². The molecule has 0 unspecified atom stereocenters. The number of hydrogen-bond acceptors (Lipinski definition) is 2. The van der Waals surface area contributed by atoms with Gasteiger partial charge in [-0.3, -0.25) is 4.79 Å². The average Bonchev–Trinajstić information content (AvgIpc) is 2.36. The Labute approximate surface area is 127 Å². The summed E-state index contributed by atoms with van der Waals surface area (Å²) in [6.45, 7) is 4.60. The minimum absolute atomic E-state index is 0. The van der Waals surface area contributed by atoms with Crippen molar-refractivity contribution in [3.8, 4) is 0 Å². The summed E-state index contributed by atoms with van der Waals surface area (Å²) >= 11 is 0. The Morgan fingerprint density at radius 2 is 1.70 bits per heavy atom. The predicted octanol–water partition coefficient (Wildman–Crippen LogP) is 3.12. The fourth-order valence-corrected chi connectivity index (χ4v) is 2.90. The summed E-state index contributed by atoms with van der Waals surface area (Å²) in [6, 6.07) is 5.92. The molecule has 1 aliphatic carbocycles. The van der Waals surface area contributed by atoms with Crippen molar-refractivity contribution in [2.75, 3.05) is 6.54 Å². The van der Waals surface area contributed by atoms with Crippen molar-refractivity contribution in [1.29, 1.82) is 0 Å². The standard InChI is InChI=1S/C16H24N2O.ClH/c1-12-8-13(2)10-14(9-12)15(19)18-11-16(17)6-4-3-5-7-16;/h8-10H,3-7,11,17H2,1-2H3,(H,18,19);1H. The molecule has 1 aliphatic rings. The lowest BCUT2D eigenvalue weighted by Crippen LogP contribution is -2.51. The summed E-state index contributed by atoms with van der Waals surface area (Å²) in [4.78, 5) is 12.2. The highest BCUT2D eigenvalue weighted by Gasteiger charge is 2.27. The molecule has 20 heavy (non-hydrogen) atoms. The lowest BCUT2D eigenvalue weighted by molar-refractivity contribution is 0.0937. The SMILES string of the molecule is Cc1cc(C)cc(C(=O)NCC2(N)CCCCC2)c1.Cl. The number of nitrogens with one attached hydrogen (secondary N) is 1. The zero-order chi connectivity index (χ0) is 13.9. The first-order chi connectivity index (χ1) is 8.98. The van der Waals surface area contributed by atoms with Gasteiger partial charge in [0.1, 0.15) is 0 Å². The van der Waals surface area contributed by atoms with Crippen molar-refractivity contribution in [2.24, 2.45) is 5.73 Å². The molecule has 2 rings (SSSR count). The van der Waals surface area contributed by atoms with Crippen molar-refractivity contribution in [3.63, 3.8) is 0 Å². The molecule has 0 aromatic heterocycles. The van der Waals surface area contributed by atoms with Crippen LogP contribution in [0, 0.1) is 13.8 Å². The summed E-state index contributed by atoms with van der Waals surface area (Å²) in [6.07, 6.45) is 5.65. The van der Waals surface area contributed by atoms with Crippen LogP contribution < -0.4 is 11.1 Å². The number of carbonyl (C=O) groups is 1. The number of halogens is 1. The van der Waals surface area contributed by atoms with E-state index in [1.807, 2.05) is 26.0 Å². The number of amides is 1. The van der Waals surface area contributed by atoms with E-state index < -0.39 is 0 Å². The molecule has 3 nitrogen and oxygen atoms in total. The maximum absolute atomic E-state index is 12.2. The van der Waals surface area contributed by atoms with Crippen molar-refractivity contribution < 1.29 is 4.79 Å². The van der Waals surface area contributed by atoms with Gasteiger partial charge in [-0.1, -0.05) is 36.5 Å². The molecule has 0 spiro atoms. The Morgan fingerprint density at radius 3 is 2.25 bits per heavy atom. The summed E-state index contributed by atoms with van der Waals surface area (Å²) in [5, 5.41) is 3.00. The van der Waals surface area contributed by atoms with E-state index in [0.29, 0.717) is 6.54 Å². The monoisotopic (exact) mass is 296 g/mol. The quantitative estimate of drug-likeness (QED) is 0.900. The van der Waals surface area contributed by atoms with Crippen molar-refractivity contribution in [1.82, 2.24) is 5.32 Å². The molecule has 4 heteroatoms. The van der Waals surface area contributed by atoms with Gasteiger partial charge in [0.25, 0.3) is 5.91 Å². The van der Waals surface area contributed by atoms with Gasteiger partial charge in [0.2, 0.25) is 0 Å². The Hall–Kier alpha value is -1.06. The molecule has 1 fully saturated rings. The minimum atomic E-state index is -0.202. The van der Waals surface area contributed by atoms with Crippen LogP contribution in [0.1, 0.15) is 53.6 Å². The predicted molar refractivity (Wildman–Crippen MR) is 85.5 cm³/mol. The van der Waals surface area contributed by atoms with Gasteiger partial charge >= 0.3 is 0 Å². The van der Waals surface area contributed by atoms with Crippen LogP contribution in [-0.2, 0) is 0 Å². The number of carbonyl (C=O) groups excluding carboxylic acids is 1. The second-order valence-corrected chi connectivity index (χ2v) is 5.98. The van der Waals surface area contributed by atoms with Crippen molar-refractivity contribution in [2.45, 2.75) is 51.5 Å². The topological polar surface area (TPSA) is 55.1 Å². The fourth-order valence-electron chi connectivity index (χ4n) is 2.90.